The van der Waals surface area contributed by atoms with Crippen molar-refractivity contribution in [1.29, 1.82) is 0 Å². The van der Waals surface area contributed by atoms with E-state index in [2.05, 4.69) is 5.10 Å². The number of aryl methyl sites for hydroxylation is 1. The Morgan fingerprint density at radius 2 is 2.10 bits per heavy atom. The summed E-state index contributed by atoms with van der Waals surface area (Å²) in [6.07, 6.45) is 2.74. The summed E-state index contributed by atoms with van der Waals surface area (Å²) in [5.74, 6) is 0. The number of rotatable bonds is 5. The zero-order valence-electron chi connectivity index (χ0n) is 12.5. The fourth-order valence-electron chi connectivity index (χ4n) is 3.04. The van der Waals surface area contributed by atoms with Crippen LogP contribution in [0.25, 0.3) is 0 Å². The molecule has 0 amide bonds. The Balaban J connectivity index is 2.44. The van der Waals surface area contributed by atoms with Crippen LogP contribution in [0, 0.1) is 13.8 Å². The van der Waals surface area contributed by atoms with Crippen LogP contribution < -0.4 is 5.73 Å². The SMILES string of the molecule is CCC1CCCN1S(=O)(=O)c1c(C)nn(CCN)c1C. The average Bonchev–Trinajstić information content (AvgIpc) is 2.96. The first-order chi connectivity index (χ1) is 9.43. The van der Waals surface area contributed by atoms with Gasteiger partial charge in [-0.05, 0) is 33.1 Å². The highest BCUT2D eigenvalue weighted by molar-refractivity contribution is 7.89. The van der Waals surface area contributed by atoms with Gasteiger partial charge in [0.2, 0.25) is 10.0 Å². The highest BCUT2D eigenvalue weighted by Gasteiger charge is 2.37. The second-order valence-corrected chi connectivity index (χ2v) is 7.16. The van der Waals surface area contributed by atoms with E-state index in [4.69, 9.17) is 5.73 Å². The number of hydrogen-bond acceptors (Lipinski definition) is 4. The van der Waals surface area contributed by atoms with E-state index in [1.54, 1.807) is 22.8 Å². The minimum Gasteiger partial charge on any atom is -0.329 e. The van der Waals surface area contributed by atoms with Crippen molar-refractivity contribution in [2.75, 3.05) is 13.1 Å². The fraction of sp³-hybridized carbons (Fsp3) is 0.769. The summed E-state index contributed by atoms with van der Waals surface area (Å²) in [5.41, 5.74) is 6.80. The van der Waals surface area contributed by atoms with E-state index >= 15 is 0 Å². The molecule has 0 bridgehead atoms. The van der Waals surface area contributed by atoms with E-state index in [-0.39, 0.29) is 6.04 Å². The van der Waals surface area contributed by atoms with Crippen LogP contribution in [0.1, 0.15) is 37.6 Å². The monoisotopic (exact) mass is 300 g/mol. The van der Waals surface area contributed by atoms with Gasteiger partial charge in [0, 0.05) is 19.1 Å². The lowest BCUT2D eigenvalue weighted by molar-refractivity contribution is 0.379. The van der Waals surface area contributed by atoms with Crippen molar-refractivity contribution in [1.82, 2.24) is 14.1 Å². The van der Waals surface area contributed by atoms with Crippen molar-refractivity contribution < 1.29 is 8.42 Å². The third-order valence-corrected chi connectivity index (χ3v) is 6.22. The third-order valence-electron chi connectivity index (χ3n) is 4.02. The number of hydrogen-bond donors (Lipinski definition) is 1. The molecule has 0 aliphatic carbocycles. The van der Waals surface area contributed by atoms with Gasteiger partial charge >= 0.3 is 0 Å². The first kappa shape index (κ1) is 15.5. The number of aromatic nitrogens is 2. The minimum atomic E-state index is -3.45. The van der Waals surface area contributed by atoms with Gasteiger partial charge in [-0.3, -0.25) is 4.68 Å². The molecule has 1 aromatic heterocycles. The molecule has 0 spiro atoms. The van der Waals surface area contributed by atoms with Crippen LogP contribution >= 0.6 is 0 Å². The van der Waals surface area contributed by atoms with Crippen LogP contribution in [0.15, 0.2) is 4.90 Å². The Hall–Kier alpha value is -0.920. The van der Waals surface area contributed by atoms with E-state index in [0.717, 1.165) is 19.3 Å². The van der Waals surface area contributed by atoms with Crippen molar-refractivity contribution in [3.63, 3.8) is 0 Å². The molecule has 7 heteroatoms. The van der Waals surface area contributed by atoms with E-state index in [9.17, 15) is 8.42 Å². The van der Waals surface area contributed by atoms with Gasteiger partial charge in [0.25, 0.3) is 0 Å². The van der Waals surface area contributed by atoms with Gasteiger partial charge in [-0.15, -0.1) is 0 Å². The fourth-order valence-corrected chi connectivity index (χ4v) is 5.19. The Morgan fingerprint density at radius 1 is 1.40 bits per heavy atom. The maximum absolute atomic E-state index is 12.9. The van der Waals surface area contributed by atoms with E-state index in [1.807, 2.05) is 6.92 Å². The second-order valence-electron chi connectivity index (χ2n) is 5.33. The molecule has 1 aliphatic rings. The van der Waals surface area contributed by atoms with E-state index < -0.39 is 10.0 Å². The predicted molar refractivity (Wildman–Crippen MR) is 78.0 cm³/mol. The first-order valence-electron chi connectivity index (χ1n) is 7.19. The van der Waals surface area contributed by atoms with Crippen LogP contribution in [0.5, 0.6) is 0 Å². The summed E-state index contributed by atoms with van der Waals surface area (Å²) < 4.78 is 29.2. The van der Waals surface area contributed by atoms with Gasteiger partial charge in [0.05, 0.1) is 17.9 Å². The third kappa shape index (κ3) is 2.49. The molecule has 2 N–H and O–H groups in total. The molecule has 1 atom stereocenters. The maximum atomic E-state index is 12.9. The zero-order valence-corrected chi connectivity index (χ0v) is 13.3. The molecular formula is C13H24N4O2S. The van der Waals surface area contributed by atoms with E-state index in [1.165, 1.54) is 0 Å². The zero-order chi connectivity index (χ0) is 14.9. The van der Waals surface area contributed by atoms with E-state index in [0.29, 0.717) is 35.9 Å². The van der Waals surface area contributed by atoms with Crippen molar-refractivity contribution in [3.8, 4) is 0 Å². The van der Waals surface area contributed by atoms with Crippen LogP contribution in [0.2, 0.25) is 0 Å². The first-order valence-corrected chi connectivity index (χ1v) is 8.63. The number of nitrogens with two attached hydrogens (primary N) is 1. The Kier molecular flexibility index (Phi) is 4.51. The normalized spacial score (nSPS) is 20.7. The number of nitrogens with zero attached hydrogens (tertiary/aromatic N) is 3. The van der Waals surface area contributed by atoms with Gasteiger partial charge in [-0.1, -0.05) is 6.92 Å². The summed E-state index contributed by atoms with van der Waals surface area (Å²) >= 11 is 0. The molecule has 0 saturated carbocycles. The summed E-state index contributed by atoms with van der Waals surface area (Å²) in [6.45, 7) is 7.20. The van der Waals surface area contributed by atoms with Gasteiger partial charge in [-0.25, -0.2) is 8.42 Å². The Labute approximate surface area is 121 Å². The summed E-state index contributed by atoms with van der Waals surface area (Å²) in [4.78, 5) is 0.367. The molecule has 6 nitrogen and oxygen atoms in total. The standard InChI is InChI=1S/C13H24N4O2S/c1-4-12-6-5-8-17(12)20(18,19)13-10(2)15-16(9-7-14)11(13)3/h12H,4-9,14H2,1-3H3. The molecule has 1 aromatic rings. The molecule has 1 aliphatic heterocycles. The lowest BCUT2D eigenvalue weighted by Gasteiger charge is -2.23. The van der Waals surface area contributed by atoms with Crippen LogP contribution in [0.4, 0.5) is 0 Å². The molecule has 114 valence electrons. The largest absolute Gasteiger partial charge is 0.329 e. The topological polar surface area (TPSA) is 81.2 Å². The van der Waals surface area contributed by atoms with Crippen molar-refractivity contribution in [2.24, 2.45) is 5.73 Å². The lowest BCUT2D eigenvalue weighted by Crippen LogP contribution is -2.35. The molecule has 2 rings (SSSR count). The Bertz CT molecular complexity index is 579. The molecular weight excluding hydrogens is 276 g/mol. The lowest BCUT2D eigenvalue weighted by atomic mass is 10.2. The Morgan fingerprint density at radius 3 is 2.70 bits per heavy atom. The van der Waals surface area contributed by atoms with Crippen LogP contribution in [-0.4, -0.2) is 41.6 Å². The molecule has 1 fully saturated rings. The van der Waals surface area contributed by atoms with Crippen molar-refractivity contribution >= 4 is 10.0 Å². The number of sulfonamides is 1. The average molecular weight is 300 g/mol. The van der Waals surface area contributed by atoms with Gasteiger partial charge in [-0.2, -0.15) is 9.40 Å². The molecule has 2 heterocycles. The summed E-state index contributed by atoms with van der Waals surface area (Å²) in [6, 6.07) is 0.122. The predicted octanol–water partition coefficient (Wildman–Crippen LogP) is 1.02. The van der Waals surface area contributed by atoms with Gasteiger partial charge in [0.15, 0.2) is 0 Å². The van der Waals surface area contributed by atoms with Gasteiger partial charge in [0.1, 0.15) is 4.90 Å². The van der Waals surface area contributed by atoms with Crippen LogP contribution in [-0.2, 0) is 16.6 Å². The highest BCUT2D eigenvalue weighted by atomic mass is 32.2. The maximum Gasteiger partial charge on any atom is 0.246 e. The molecule has 20 heavy (non-hydrogen) atoms. The molecule has 0 radical (unpaired) electrons. The molecule has 1 unspecified atom stereocenters. The van der Waals surface area contributed by atoms with Crippen molar-refractivity contribution in [3.05, 3.63) is 11.4 Å². The van der Waals surface area contributed by atoms with Gasteiger partial charge < -0.3 is 5.73 Å². The summed E-state index contributed by atoms with van der Waals surface area (Å²) in [7, 11) is -3.45. The second kappa shape index (κ2) is 5.83. The molecule has 1 saturated heterocycles. The highest BCUT2D eigenvalue weighted by Crippen LogP contribution is 2.30. The quantitative estimate of drug-likeness (QED) is 0.880. The van der Waals surface area contributed by atoms with Crippen LogP contribution in [0.3, 0.4) is 0 Å². The summed E-state index contributed by atoms with van der Waals surface area (Å²) in [5, 5.41) is 4.32. The van der Waals surface area contributed by atoms with Crippen molar-refractivity contribution in [2.45, 2.75) is 57.5 Å². The minimum absolute atomic E-state index is 0.122. The molecule has 0 aromatic carbocycles. The smallest absolute Gasteiger partial charge is 0.246 e.